The smallest absolute Gasteiger partial charge is 0.154 e. The molecular formula is C9H16O2. The van der Waals surface area contributed by atoms with Gasteiger partial charge in [-0.15, -0.1) is 0 Å². The van der Waals surface area contributed by atoms with Crippen LogP contribution in [-0.2, 0) is 4.74 Å². The van der Waals surface area contributed by atoms with Crippen LogP contribution in [0.3, 0.4) is 0 Å². The molecule has 3 aliphatic rings. The molecule has 2 atom stereocenters. The molecule has 3 saturated carbocycles. The summed E-state index contributed by atoms with van der Waals surface area (Å²) in [6, 6.07) is 0. The van der Waals surface area contributed by atoms with Gasteiger partial charge in [-0.05, 0) is 37.5 Å². The quantitative estimate of drug-likeness (QED) is 0.628. The van der Waals surface area contributed by atoms with Crippen molar-refractivity contribution in [2.45, 2.75) is 45.0 Å². The summed E-state index contributed by atoms with van der Waals surface area (Å²) in [5, 5.41) is 9.23. The predicted molar refractivity (Wildman–Crippen MR) is 42.0 cm³/mol. The third kappa shape index (κ3) is 1.30. The molecular weight excluding hydrogens is 140 g/mol. The molecule has 0 aromatic carbocycles. The first-order valence-corrected chi connectivity index (χ1v) is 4.63. The molecule has 11 heavy (non-hydrogen) atoms. The topological polar surface area (TPSA) is 29.5 Å². The molecule has 2 nitrogen and oxygen atoms in total. The van der Waals surface area contributed by atoms with E-state index in [-0.39, 0.29) is 0 Å². The second kappa shape index (κ2) is 2.76. The van der Waals surface area contributed by atoms with Crippen molar-refractivity contribution < 1.29 is 9.84 Å². The van der Waals surface area contributed by atoms with Gasteiger partial charge in [0.25, 0.3) is 0 Å². The second-order valence-corrected chi connectivity index (χ2v) is 3.87. The van der Waals surface area contributed by atoms with E-state index in [4.69, 9.17) is 4.74 Å². The minimum absolute atomic E-state index is 0.384. The van der Waals surface area contributed by atoms with E-state index in [0.717, 1.165) is 11.8 Å². The van der Waals surface area contributed by atoms with E-state index >= 15 is 0 Å². The van der Waals surface area contributed by atoms with Gasteiger partial charge in [-0.25, -0.2) is 0 Å². The molecule has 0 aliphatic heterocycles. The Morgan fingerprint density at radius 1 is 1.45 bits per heavy atom. The van der Waals surface area contributed by atoms with E-state index in [0.29, 0.717) is 12.5 Å². The SMILES string of the molecule is CCC(O)OC1CC2CC1C2. The van der Waals surface area contributed by atoms with Gasteiger partial charge in [-0.1, -0.05) is 6.92 Å². The van der Waals surface area contributed by atoms with Crippen LogP contribution >= 0.6 is 0 Å². The van der Waals surface area contributed by atoms with E-state index in [9.17, 15) is 5.11 Å². The first kappa shape index (κ1) is 7.56. The lowest BCUT2D eigenvalue weighted by atomic mass is 9.84. The van der Waals surface area contributed by atoms with Gasteiger partial charge in [0.15, 0.2) is 6.29 Å². The molecule has 0 spiro atoms. The van der Waals surface area contributed by atoms with Crippen LogP contribution in [-0.4, -0.2) is 17.5 Å². The molecule has 0 radical (unpaired) electrons. The number of ether oxygens (including phenoxy) is 1. The van der Waals surface area contributed by atoms with Crippen LogP contribution in [0, 0.1) is 11.8 Å². The van der Waals surface area contributed by atoms with Crippen molar-refractivity contribution in [2.24, 2.45) is 11.8 Å². The van der Waals surface area contributed by atoms with Crippen LogP contribution in [0.2, 0.25) is 0 Å². The molecule has 1 N–H and O–H groups in total. The summed E-state index contributed by atoms with van der Waals surface area (Å²) in [6.07, 6.45) is 4.48. The Bertz CT molecular complexity index is 140. The van der Waals surface area contributed by atoms with Gasteiger partial charge in [-0.3, -0.25) is 0 Å². The maximum atomic E-state index is 9.23. The fourth-order valence-electron chi connectivity index (χ4n) is 2.27. The van der Waals surface area contributed by atoms with E-state index in [2.05, 4.69) is 0 Å². The summed E-state index contributed by atoms with van der Waals surface area (Å²) in [6.45, 7) is 1.95. The number of aliphatic hydroxyl groups excluding tert-OH is 1. The first-order chi connectivity index (χ1) is 5.29. The van der Waals surface area contributed by atoms with Crippen LogP contribution < -0.4 is 0 Å². The molecule has 3 rings (SSSR count). The minimum atomic E-state index is -0.514. The molecule has 0 aromatic heterocycles. The number of hydrogen-bond donors (Lipinski definition) is 1. The highest BCUT2D eigenvalue weighted by Gasteiger charge is 2.45. The third-order valence-corrected chi connectivity index (χ3v) is 3.04. The van der Waals surface area contributed by atoms with E-state index in [1.165, 1.54) is 19.3 Å². The highest BCUT2D eigenvalue weighted by molar-refractivity contribution is 4.95. The van der Waals surface area contributed by atoms with Crippen LogP contribution in [0.15, 0.2) is 0 Å². The van der Waals surface area contributed by atoms with Crippen LogP contribution in [0.1, 0.15) is 32.6 Å². The summed E-state index contributed by atoms with van der Waals surface area (Å²) in [7, 11) is 0. The molecule has 2 bridgehead atoms. The predicted octanol–water partition coefficient (Wildman–Crippen LogP) is 1.53. The third-order valence-electron chi connectivity index (χ3n) is 3.04. The maximum Gasteiger partial charge on any atom is 0.154 e. The van der Waals surface area contributed by atoms with E-state index in [1.54, 1.807) is 0 Å². The van der Waals surface area contributed by atoms with E-state index in [1.807, 2.05) is 6.92 Å². The number of aliphatic hydroxyl groups is 1. The fraction of sp³-hybridized carbons (Fsp3) is 1.00. The Balaban J connectivity index is 1.78. The lowest BCUT2D eigenvalue weighted by Gasteiger charge is -2.25. The number of hydrogen-bond acceptors (Lipinski definition) is 2. The summed E-state index contributed by atoms with van der Waals surface area (Å²) >= 11 is 0. The highest BCUT2D eigenvalue weighted by atomic mass is 16.6. The van der Waals surface area contributed by atoms with Gasteiger partial charge in [0.1, 0.15) is 0 Å². The molecule has 2 heteroatoms. The normalized spacial score (nSPS) is 43.6. The van der Waals surface area contributed by atoms with Crippen molar-refractivity contribution in [2.75, 3.05) is 0 Å². The zero-order valence-electron chi connectivity index (χ0n) is 6.99. The lowest BCUT2D eigenvalue weighted by molar-refractivity contribution is -0.142. The Labute approximate surface area is 67.6 Å². The summed E-state index contributed by atoms with van der Waals surface area (Å²) in [4.78, 5) is 0. The van der Waals surface area contributed by atoms with Crippen molar-refractivity contribution in [3.63, 3.8) is 0 Å². The Hall–Kier alpha value is -0.0800. The van der Waals surface area contributed by atoms with Crippen molar-refractivity contribution in [3.8, 4) is 0 Å². The van der Waals surface area contributed by atoms with E-state index < -0.39 is 6.29 Å². The van der Waals surface area contributed by atoms with Gasteiger partial charge in [0.05, 0.1) is 6.10 Å². The monoisotopic (exact) mass is 156 g/mol. The molecule has 3 aliphatic carbocycles. The summed E-state index contributed by atoms with van der Waals surface area (Å²) < 4.78 is 5.47. The Kier molecular flexibility index (Phi) is 1.90. The lowest BCUT2D eigenvalue weighted by Crippen LogP contribution is -2.24. The summed E-state index contributed by atoms with van der Waals surface area (Å²) in [5.74, 6) is 1.70. The largest absolute Gasteiger partial charge is 0.368 e. The van der Waals surface area contributed by atoms with Crippen molar-refractivity contribution in [3.05, 3.63) is 0 Å². The maximum absolute atomic E-state index is 9.23. The van der Waals surface area contributed by atoms with Crippen molar-refractivity contribution >= 4 is 0 Å². The molecule has 0 aromatic rings. The summed E-state index contributed by atoms with van der Waals surface area (Å²) in [5.41, 5.74) is 0. The highest BCUT2D eigenvalue weighted by Crippen LogP contribution is 2.50. The van der Waals surface area contributed by atoms with Gasteiger partial charge >= 0.3 is 0 Å². The van der Waals surface area contributed by atoms with Crippen LogP contribution in [0.4, 0.5) is 0 Å². The molecule has 64 valence electrons. The van der Waals surface area contributed by atoms with Gasteiger partial charge in [0, 0.05) is 0 Å². The van der Waals surface area contributed by atoms with Crippen molar-refractivity contribution in [1.29, 1.82) is 0 Å². The molecule has 0 saturated heterocycles. The average Bonchev–Trinajstić information content (AvgIpc) is 2.43. The van der Waals surface area contributed by atoms with Crippen molar-refractivity contribution in [1.82, 2.24) is 0 Å². The van der Waals surface area contributed by atoms with Crippen LogP contribution in [0.25, 0.3) is 0 Å². The first-order valence-electron chi connectivity index (χ1n) is 4.63. The zero-order valence-corrected chi connectivity index (χ0v) is 6.99. The standard InChI is InChI=1S/C9H16O2/c1-2-9(10)11-8-5-6-3-7(8)4-6/h6-10H,2-5H2,1H3. The zero-order chi connectivity index (χ0) is 7.84. The number of rotatable bonds is 3. The Morgan fingerprint density at radius 3 is 2.64 bits per heavy atom. The fourth-order valence-corrected chi connectivity index (χ4v) is 2.27. The average molecular weight is 156 g/mol. The van der Waals surface area contributed by atoms with Crippen LogP contribution in [0.5, 0.6) is 0 Å². The molecule has 0 amide bonds. The molecule has 0 heterocycles. The van der Waals surface area contributed by atoms with Gasteiger partial charge in [-0.2, -0.15) is 0 Å². The molecule has 2 unspecified atom stereocenters. The molecule has 3 fully saturated rings. The second-order valence-electron chi connectivity index (χ2n) is 3.87. The van der Waals surface area contributed by atoms with Gasteiger partial charge < -0.3 is 9.84 Å². The number of fused-ring (bicyclic) bond motifs is 1. The Morgan fingerprint density at radius 2 is 2.18 bits per heavy atom. The minimum Gasteiger partial charge on any atom is -0.368 e. The van der Waals surface area contributed by atoms with Gasteiger partial charge in [0.2, 0.25) is 0 Å².